The van der Waals surface area contributed by atoms with Gasteiger partial charge in [0, 0.05) is 16.5 Å². The number of aromatic nitrogens is 1. The van der Waals surface area contributed by atoms with E-state index in [1.165, 1.54) is 19.1 Å². The van der Waals surface area contributed by atoms with Crippen molar-refractivity contribution in [3.8, 4) is 12.3 Å². The maximum atomic E-state index is 14.0. The van der Waals surface area contributed by atoms with E-state index in [1.54, 1.807) is 26.0 Å². The molecule has 3 rings (SSSR count). The van der Waals surface area contributed by atoms with Gasteiger partial charge in [0.05, 0.1) is 19.1 Å². The molecule has 0 radical (unpaired) electrons. The summed E-state index contributed by atoms with van der Waals surface area (Å²) in [5.41, 5.74) is -1.64. The van der Waals surface area contributed by atoms with Gasteiger partial charge in [-0.15, -0.1) is 6.42 Å². The van der Waals surface area contributed by atoms with Crippen LogP contribution in [0.3, 0.4) is 0 Å². The third-order valence-corrected chi connectivity index (χ3v) is 5.91. The van der Waals surface area contributed by atoms with Crippen molar-refractivity contribution in [1.29, 1.82) is 0 Å². The summed E-state index contributed by atoms with van der Waals surface area (Å²) >= 11 is 0. The minimum atomic E-state index is -4.73. The van der Waals surface area contributed by atoms with E-state index < -0.39 is 53.5 Å². The molecule has 1 aliphatic carbocycles. The Morgan fingerprint density at radius 3 is 2.52 bits per heavy atom. The number of hydrogen-bond donors (Lipinski definition) is 0. The molecule has 2 atom stereocenters. The lowest BCUT2D eigenvalue weighted by Gasteiger charge is -2.13. The molecule has 0 N–H and O–H groups in total. The van der Waals surface area contributed by atoms with Crippen molar-refractivity contribution in [3.63, 3.8) is 0 Å². The van der Waals surface area contributed by atoms with Gasteiger partial charge in [0.15, 0.2) is 0 Å². The molecule has 176 valence electrons. The van der Waals surface area contributed by atoms with E-state index in [1.807, 2.05) is 0 Å². The summed E-state index contributed by atoms with van der Waals surface area (Å²) in [5.74, 6) is -2.28. The Morgan fingerprint density at radius 1 is 1.24 bits per heavy atom. The van der Waals surface area contributed by atoms with Gasteiger partial charge in [-0.1, -0.05) is 38.0 Å². The number of alkyl halides is 3. The number of esters is 2. The summed E-state index contributed by atoms with van der Waals surface area (Å²) in [6, 6.07) is 6.18. The maximum Gasteiger partial charge on any atom is 0.431 e. The fourth-order valence-corrected chi connectivity index (χ4v) is 4.20. The zero-order valence-corrected chi connectivity index (χ0v) is 18.3. The Labute approximate surface area is 188 Å². The van der Waals surface area contributed by atoms with Crippen molar-refractivity contribution in [2.24, 2.45) is 17.3 Å². The van der Waals surface area contributed by atoms with E-state index in [9.17, 15) is 27.2 Å². The van der Waals surface area contributed by atoms with Crippen LogP contribution in [0.2, 0.25) is 0 Å². The molecule has 0 bridgehead atoms. The highest BCUT2D eigenvalue weighted by molar-refractivity contribution is 5.88. The van der Waals surface area contributed by atoms with Gasteiger partial charge >= 0.3 is 18.1 Å². The second kappa shape index (κ2) is 8.93. The summed E-state index contributed by atoms with van der Waals surface area (Å²) in [4.78, 5) is 24.2. The molecule has 5 nitrogen and oxygen atoms in total. The third kappa shape index (κ3) is 4.61. The minimum absolute atomic E-state index is 0.00551. The lowest BCUT2D eigenvalue weighted by Crippen LogP contribution is -2.17. The average molecular weight is 465 g/mol. The van der Waals surface area contributed by atoms with Crippen molar-refractivity contribution in [2.75, 3.05) is 6.61 Å². The lowest BCUT2D eigenvalue weighted by atomic mass is 10.1. The number of nitrogens with zero attached hydrogens (tertiary/aromatic N) is 1. The van der Waals surface area contributed by atoms with Gasteiger partial charge in [-0.2, -0.15) is 17.6 Å². The van der Waals surface area contributed by atoms with Crippen LogP contribution in [0.25, 0.3) is 10.9 Å². The second-order valence-electron chi connectivity index (χ2n) is 8.30. The molecule has 0 unspecified atom stereocenters. The summed E-state index contributed by atoms with van der Waals surface area (Å²) in [5, 5.41) is 0.271. The first-order valence-corrected chi connectivity index (χ1v) is 10.3. The van der Waals surface area contributed by atoms with E-state index in [0.717, 1.165) is 10.6 Å². The van der Waals surface area contributed by atoms with Crippen LogP contribution in [-0.4, -0.2) is 23.1 Å². The number of carbonyl (C=O) groups is 2. The largest absolute Gasteiger partial charge is 0.461 e. The number of benzene rings is 1. The van der Waals surface area contributed by atoms with Gasteiger partial charge in [-0.05, 0) is 30.4 Å². The van der Waals surface area contributed by atoms with Crippen LogP contribution in [0.4, 0.5) is 17.6 Å². The van der Waals surface area contributed by atoms with E-state index in [4.69, 9.17) is 11.2 Å². The number of fused-ring (bicyclic) bond motifs is 1. The summed E-state index contributed by atoms with van der Waals surface area (Å²) < 4.78 is 66.6. The number of carbonyl (C=O) groups excluding carboxylic acids is 2. The van der Waals surface area contributed by atoms with Crippen molar-refractivity contribution in [1.82, 2.24) is 4.57 Å². The molecule has 1 aliphatic rings. The van der Waals surface area contributed by atoms with E-state index >= 15 is 0 Å². The smallest absolute Gasteiger partial charge is 0.431 e. The Balaban J connectivity index is 1.87. The minimum Gasteiger partial charge on any atom is -0.461 e. The van der Waals surface area contributed by atoms with Crippen LogP contribution < -0.4 is 0 Å². The van der Waals surface area contributed by atoms with Crippen molar-refractivity contribution < 1.29 is 36.6 Å². The van der Waals surface area contributed by atoms with Gasteiger partial charge in [-0.3, -0.25) is 4.79 Å². The van der Waals surface area contributed by atoms with Crippen LogP contribution in [0.5, 0.6) is 0 Å². The standard InChI is InChI=1S/C24H23F4NO4/c1-5-11-29-18-10-8-7-9-14(18)15(20(29)24(26,27)28)13-33-22(31)19-16(23(19,3)4)12-17(25)21(30)32-6-2/h1,7-10,12,16,19H,6,11,13H2,2-4H3/b17-12+/t16-,19+/m1/s1. The number of allylic oxidation sites excluding steroid dienone is 1. The topological polar surface area (TPSA) is 57.5 Å². The highest BCUT2D eigenvalue weighted by Gasteiger charge is 2.62. The molecule has 1 saturated carbocycles. The average Bonchev–Trinajstić information content (AvgIpc) is 3.12. The normalized spacial score (nSPS) is 19.8. The Morgan fingerprint density at radius 2 is 1.91 bits per heavy atom. The molecule has 1 aromatic carbocycles. The number of terminal acetylenes is 1. The molecular weight excluding hydrogens is 442 g/mol. The summed E-state index contributed by atoms with van der Waals surface area (Å²) in [6.45, 7) is 3.95. The highest BCUT2D eigenvalue weighted by atomic mass is 19.4. The lowest BCUT2D eigenvalue weighted by molar-refractivity contribution is -0.151. The Kier molecular flexibility index (Phi) is 6.59. The first-order valence-electron chi connectivity index (χ1n) is 10.3. The first-order chi connectivity index (χ1) is 15.4. The molecule has 0 amide bonds. The summed E-state index contributed by atoms with van der Waals surface area (Å²) in [6.07, 6.45) is 1.55. The molecular formula is C24H23F4NO4. The van der Waals surface area contributed by atoms with E-state index in [0.29, 0.717) is 0 Å². The molecule has 1 fully saturated rings. The molecule has 9 heteroatoms. The van der Waals surface area contributed by atoms with Crippen molar-refractivity contribution in [3.05, 3.63) is 47.4 Å². The molecule has 0 spiro atoms. The zero-order valence-electron chi connectivity index (χ0n) is 18.3. The Bertz CT molecular complexity index is 1150. The van der Waals surface area contributed by atoms with Gasteiger partial charge in [0.25, 0.3) is 0 Å². The van der Waals surface area contributed by atoms with E-state index in [2.05, 4.69) is 10.7 Å². The fraction of sp³-hybridized carbons (Fsp3) is 0.417. The molecule has 2 aromatic rings. The number of para-hydroxylation sites is 1. The maximum absolute atomic E-state index is 14.0. The highest BCUT2D eigenvalue weighted by Crippen LogP contribution is 2.60. The van der Waals surface area contributed by atoms with Gasteiger partial charge < -0.3 is 14.0 Å². The van der Waals surface area contributed by atoms with Gasteiger partial charge in [0.1, 0.15) is 12.3 Å². The third-order valence-electron chi connectivity index (χ3n) is 5.91. The van der Waals surface area contributed by atoms with Crippen molar-refractivity contribution >= 4 is 22.8 Å². The fourth-order valence-electron chi connectivity index (χ4n) is 4.20. The van der Waals surface area contributed by atoms with Crippen LogP contribution >= 0.6 is 0 Å². The van der Waals surface area contributed by atoms with Crippen LogP contribution in [-0.2, 0) is 38.4 Å². The quantitative estimate of drug-likeness (QED) is 0.249. The second-order valence-corrected chi connectivity index (χ2v) is 8.30. The van der Waals surface area contributed by atoms with Gasteiger partial charge in [-0.25, -0.2) is 4.79 Å². The predicted molar refractivity (Wildman–Crippen MR) is 112 cm³/mol. The molecule has 0 saturated heterocycles. The molecule has 1 aromatic heterocycles. The molecule has 33 heavy (non-hydrogen) atoms. The number of halogens is 4. The van der Waals surface area contributed by atoms with Crippen LogP contribution in [0.15, 0.2) is 36.2 Å². The predicted octanol–water partition coefficient (Wildman–Crippen LogP) is 5.03. The number of ether oxygens (including phenoxy) is 2. The van der Waals surface area contributed by atoms with E-state index in [-0.39, 0.29) is 29.6 Å². The molecule has 1 heterocycles. The molecule has 0 aliphatic heterocycles. The zero-order chi connectivity index (χ0) is 24.6. The Hall–Kier alpha value is -3.28. The first kappa shape index (κ1) is 24.4. The number of rotatable bonds is 7. The van der Waals surface area contributed by atoms with Crippen LogP contribution in [0.1, 0.15) is 32.0 Å². The van der Waals surface area contributed by atoms with Crippen LogP contribution in [0, 0.1) is 29.6 Å². The monoisotopic (exact) mass is 465 g/mol. The number of hydrogen-bond acceptors (Lipinski definition) is 4. The van der Waals surface area contributed by atoms with Gasteiger partial charge in [0.2, 0.25) is 5.83 Å². The summed E-state index contributed by atoms with van der Waals surface area (Å²) in [7, 11) is 0. The van der Waals surface area contributed by atoms with Crippen molar-refractivity contribution in [2.45, 2.75) is 40.1 Å². The SMILES string of the molecule is C#CCn1c(C(F)(F)F)c(COC(=O)[C@@H]2[C@@H](/C=C(/F)C(=O)OCC)C2(C)C)c2ccccc21.